The first-order valence-corrected chi connectivity index (χ1v) is 8.31. The van der Waals surface area contributed by atoms with Gasteiger partial charge in [-0.05, 0) is 30.0 Å². The minimum Gasteiger partial charge on any atom is -0.449 e. The minimum absolute atomic E-state index is 0.182. The summed E-state index contributed by atoms with van der Waals surface area (Å²) >= 11 is 6.03. The van der Waals surface area contributed by atoms with Crippen molar-refractivity contribution >= 4 is 17.7 Å². The van der Waals surface area contributed by atoms with Crippen molar-refractivity contribution < 1.29 is 9.53 Å². The quantitative estimate of drug-likeness (QED) is 0.847. The van der Waals surface area contributed by atoms with Crippen molar-refractivity contribution in [1.29, 1.82) is 0 Å². The third kappa shape index (κ3) is 5.50. The smallest absolute Gasteiger partial charge is 0.409 e. The van der Waals surface area contributed by atoms with Gasteiger partial charge in [0, 0.05) is 37.7 Å². The van der Waals surface area contributed by atoms with Crippen molar-refractivity contribution in [2.45, 2.75) is 26.8 Å². The highest BCUT2D eigenvalue weighted by atomic mass is 35.5. The Kier molecular flexibility index (Phi) is 6.52. The molecule has 1 saturated heterocycles. The van der Waals surface area contributed by atoms with Crippen LogP contribution in [0, 0.1) is 5.92 Å². The number of amides is 1. The number of ether oxygens (including phenoxy) is 1. The zero-order chi connectivity index (χ0) is 15.9. The van der Waals surface area contributed by atoms with Crippen LogP contribution in [-0.2, 0) is 11.3 Å². The fourth-order valence-electron chi connectivity index (χ4n) is 2.53. The fourth-order valence-corrected chi connectivity index (χ4v) is 2.75. The van der Waals surface area contributed by atoms with Crippen molar-refractivity contribution in [3.05, 3.63) is 34.9 Å². The van der Waals surface area contributed by atoms with Gasteiger partial charge in [0.2, 0.25) is 0 Å². The Morgan fingerprint density at radius 2 is 2.09 bits per heavy atom. The van der Waals surface area contributed by atoms with Gasteiger partial charge in [-0.2, -0.15) is 0 Å². The van der Waals surface area contributed by atoms with Gasteiger partial charge in [0.25, 0.3) is 0 Å². The third-order valence-electron chi connectivity index (χ3n) is 3.68. The van der Waals surface area contributed by atoms with E-state index in [0.717, 1.165) is 44.2 Å². The highest BCUT2D eigenvalue weighted by Gasteiger charge is 2.20. The van der Waals surface area contributed by atoms with E-state index in [1.165, 1.54) is 5.56 Å². The molecule has 122 valence electrons. The summed E-state index contributed by atoms with van der Waals surface area (Å²) in [6.07, 6.45) is 0.787. The van der Waals surface area contributed by atoms with Crippen LogP contribution in [0.2, 0.25) is 5.02 Å². The first kappa shape index (κ1) is 17.1. The van der Waals surface area contributed by atoms with E-state index >= 15 is 0 Å². The summed E-state index contributed by atoms with van der Waals surface area (Å²) in [5.41, 5.74) is 1.21. The Balaban J connectivity index is 1.83. The summed E-state index contributed by atoms with van der Waals surface area (Å²) in [7, 11) is 0. The number of rotatable bonds is 4. The molecule has 1 aromatic rings. The van der Waals surface area contributed by atoms with Gasteiger partial charge in [-0.3, -0.25) is 4.90 Å². The Morgan fingerprint density at radius 3 is 2.82 bits per heavy atom. The zero-order valence-electron chi connectivity index (χ0n) is 13.4. The number of benzene rings is 1. The largest absolute Gasteiger partial charge is 0.449 e. The molecule has 0 radical (unpaired) electrons. The van der Waals surface area contributed by atoms with Crippen molar-refractivity contribution in [3.63, 3.8) is 0 Å². The Morgan fingerprint density at radius 1 is 1.27 bits per heavy atom. The predicted molar refractivity (Wildman–Crippen MR) is 89.1 cm³/mol. The standard InChI is InChI=1S/C17H25ClN2O2/c1-14(2)13-22-17(21)20-8-4-7-19(9-10-20)12-15-5-3-6-16(18)11-15/h3,5-6,11,14H,4,7-10,12-13H2,1-2H3. The van der Waals surface area contributed by atoms with Crippen molar-refractivity contribution in [3.8, 4) is 0 Å². The summed E-state index contributed by atoms with van der Waals surface area (Å²) in [6, 6.07) is 7.96. The highest BCUT2D eigenvalue weighted by molar-refractivity contribution is 6.30. The molecule has 1 aromatic carbocycles. The van der Waals surface area contributed by atoms with E-state index in [1.54, 1.807) is 0 Å². The lowest BCUT2D eigenvalue weighted by atomic mass is 10.2. The number of hydrogen-bond acceptors (Lipinski definition) is 3. The minimum atomic E-state index is -0.182. The van der Waals surface area contributed by atoms with Gasteiger partial charge in [0.05, 0.1) is 6.61 Å². The first-order chi connectivity index (χ1) is 10.5. The normalized spacial score (nSPS) is 16.6. The number of carbonyl (C=O) groups is 1. The molecule has 0 atom stereocenters. The average molecular weight is 325 g/mol. The molecule has 0 aliphatic carbocycles. The second-order valence-corrected chi connectivity index (χ2v) is 6.65. The Bertz CT molecular complexity index is 493. The number of hydrogen-bond donors (Lipinski definition) is 0. The summed E-state index contributed by atoms with van der Waals surface area (Å²) in [4.78, 5) is 16.2. The molecule has 0 bridgehead atoms. The lowest BCUT2D eigenvalue weighted by molar-refractivity contribution is 0.0930. The van der Waals surface area contributed by atoms with Crippen LogP contribution in [0.4, 0.5) is 4.79 Å². The molecule has 0 unspecified atom stereocenters. The zero-order valence-corrected chi connectivity index (χ0v) is 14.2. The van der Waals surface area contributed by atoms with Crippen molar-refractivity contribution in [2.24, 2.45) is 5.92 Å². The summed E-state index contributed by atoms with van der Waals surface area (Å²) in [5.74, 6) is 0.371. The van der Waals surface area contributed by atoms with E-state index in [-0.39, 0.29) is 6.09 Å². The van der Waals surface area contributed by atoms with Gasteiger partial charge in [0.15, 0.2) is 0 Å². The third-order valence-corrected chi connectivity index (χ3v) is 3.92. The van der Waals surface area contributed by atoms with Crippen LogP contribution in [0.15, 0.2) is 24.3 Å². The number of halogens is 1. The van der Waals surface area contributed by atoms with Gasteiger partial charge in [-0.25, -0.2) is 4.79 Å². The van der Waals surface area contributed by atoms with E-state index in [2.05, 4.69) is 11.0 Å². The molecule has 1 fully saturated rings. The monoisotopic (exact) mass is 324 g/mol. The van der Waals surface area contributed by atoms with Crippen molar-refractivity contribution in [1.82, 2.24) is 9.80 Å². The van der Waals surface area contributed by atoms with Crippen LogP contribution in [0.3, 0.4) is 0 Å². The molecule has 0 aromatic heterocycles. The summed E-state index contributed by atoms with van der Waals surface area (Å²) in [6.45, 7) is 8.78. The SMILES string of the molecule is CC(C)COC(=O)N1CCCN(Cc2cccc(Cl)c2)CC1. The van der Waals surface area contributed by atoms with Gasteiger partial charge in [-0.15, -0.1) is 0 Å². The van der Waals surface area contributed by atoms with Crippen LogP contribution in [0.5, 0.6) is 0 Å². The molecule has 0 N–H and O–H groups in total. The summed E-state index contributed by atoms with van der Waals surface area (Å²) < 4.78 is 5.32. The maximum absolute atomic E-state index is 12.0. The van der Waals surface area contributed by atoms with Crippen LogP contribution in [0.1, 0.15) is 25.8 Å². The van der Waals surface area contributed by atoms with Gasteiger partial charge in [-0.1, -0.05) is 37.6 Å². The average Bonchev–Trinajstić information content (AvgIpc) is 2.70. The highest BCUT2D eigenvalue weighted by Crippen LogP contribution is 2.14. The lowest BCUT2D eigenvalue weighted by Gasteiger charge is -2.22. The van der Waals surface area contributed by atoms with Crippen LogP contribution >= 0.6 is 11.6 Å². The van der Waals surface area contributed by atoms with E-state index < -0.39 is 0 Å². The second kappa shape index (κ2) is 8.39. The maximum Gasteiger partial charge on any atom is 0.409 e. The maximum atomic E-state index is 12.0. The first-order valence-electron chi connectivity index (χ1n) is 7.93. The molecule has 22 heavy (non-hydrogen) atoms. The van der Waals surface area contributed by atoms with Crippen LogP contribution < -0.4 is 0 Å². The Hall–Kier alpha value is -1.26. The van der Waals surface area contributed by atoms with Gasteiger partial charge >= 0.3 is 6.09 Å². The van der Waals surface area contributed by atoms with E-state index in [4.69, 9.17) is 16.3 Å². The number of nitrogens with zero attached hydrogens (tertiary/aromatic N) is 2. The summed E-state index contributed by atoms with van der Waals surface area (Å²) in [5, 5.41) is 0.770. The topological polar surface area (TPSA) is 32.8 Å². The second-order valence-electron chi connectivity index (χ2n) is 6.22. The molecular weight excluding hydrogens is 300 g/mol. The van der Waals surface area contributed by atoms with Crippen molar-refractivity contribution in [2.75, 3.05) is 32.8 Å². The molecule has 4 nitrogen and oxygen atoms in total. The van der Waals surface area contributed by atoms with E-state index in [1.807, 2.05) is 36.9 Å². The molecule has 1 amide bonds. The van der Waals surface area contributed by atoms with E-state index in [9.17, 15) is 4.79 Å². The molecular formula is C17H25ClN2O2. The molecule has 5 heteroatoms. The van der Waals surface area contributed by atoms with Crippen LogP contribution in [0.25, 0.3) is 0 Å². The lowest BCUT2D eigenvalue weighted by Crippen LogP contribution is -2.36. The molecule has 0 spiro atoms. The molecule has 2 rings (SSSR count). The van der Waals surface area contributed by atoms with Gasteiger partial charge < -0.3 is 9.64 Å². The predicted octanol–water partition coefficient (Wildman–Crippen LogP) is 3.64. The van der Waals surface area contributed by atoms with Crippen LogP contribution in [-0.4, -0.2) is 48.7 Å². The molecule has 1 aliphatic heterocycles. The van der Waals surface area contributed by atoms with E-state index in [0.29, 0.717) is 12.5 Å². The number of carbonyl (C=O) groups excluding carboxylic acids is 1. The molecule has 1 aliphatic rings. The molecule has 0 saturated carbocycles. The fraction of sp³-hybridized carbons (Fsp3) is 0.588. The van der Waals surface area contributed by atoms with Gasteiger partial charge in [0.1, 0.15) is 0 Å². The molecule has 1 heterocycles. The Labute approximate surface area is 138 Å².